The minimum Gasteiger partial charge on any atom is -0.496 e. The van der Waals surface area contributed by atoms with Crippen LogP contribution >= 0.6 is 0 Å². The SMILES string of the molecule is COc1ccc([N+](=O)[O-])cc1-c1ccc(/C=N/N=C(N)N[N+](=O)[O-])o1. The van der Waals surface area contributed by atoms with E-state index in [-0.39, 0.29) is 11.4 Å². The Morgan fingerprint density at radius 2 is 2.08 bits per heavy atom. The van der Waals surface area contributed by atoms with Gasteiger partial charge in [0.05, 0.1) is 23.8 Å². The standard InChI is InChI=1S/C13H12N6O6/c1-24-11-4-2-8(18(20)21)6-10(11)12-5-3-9(25-12)7-15-16-13(14)17-19(22)23/h2-7H,1H3,(H3,14,16,17)/b15-7+. The van der Waals surface area contributed by atoms with Crippen molar-refractivity contribution in [1.82, 2.24) is 5.43 Å². The lowest BCUT2D eigenvalue weighted by Crippen LogP contribution is -2.35. The van der Waals surface area contributed by atoms with E-state index in [1.54, 1.807) is 11.5 Å². The first-order valence-corrected chi connectivity index (χ1v) is 6.61. The van der Waals surface area contributed by atoms with Crippen LogP contribution in [0.2, 0.25) is 0 Å². The van der Waals surface area contributed by atoms with Crippen LogP contribution in [0.5, 0.6) is 5.75 Å². The molecule has 0 radical (unpaired) electrons. The Bertz CT molecular complexity index is 858. The summed E-state index contributed by atoms with van der Waals surface area (Å²) in [4.78, 5) is 20.5. The maximum absolute atomic E-state index is 10.9. The third-order valence-corrected chi connectivity index (χ3v) is 2.84. The van der Waals surface area contributed by atoms with Crippen LogP contribution in [0.3, 0.4) is 0 Å². The summed E-state index contributed by atoms with van der Waals surface area (Å²) in [5.74, 6) is 0.442. The molecular formula is C13H12N6O6. The molecule has 1 aromatic carbocycles. The summed E-state index contributed by atoms with van der Waals surface area (Å²) in [6, 6.07) is 7.18. The number of benzene rings is 1. The van der Waals surface area contributed by atoms with Gasteiger partial charge in [0.1, 0.15) is 17.3 Å². The topological polar surface area (TPSA) is 171 Å². The molecule has 0 spiro atoms. The van der Waals surface area contributed by atoms with Crippen molar-refractivity contribution >= 4 is 17.9 Å². The number of non-ortho nitro benzene ring substituents is 1. The van der Waals surface area contributed by atoms with Crippen molar-refractivity contribution in [2.24, 2.45) is 15.9 Å². The minimum atomic E-state index is -0.881. The van der Waals surface area contributed by atoms with E-state index < -0.39 is 15.9 Å². The van der Waals surface area contributed by atoms with Crippen LogP contribution < -0.4 is 15.9 Å². The Hall–Kier alpha value is -3.96. The van der Waals surface area contributed by atoms with Crippen molar-refractivity contribution in [2.75, 3.05) is 7.11 Å². The number of hydrazine groups is 1. The number of rotatable bonds is 6. The van der Waals surface area contributed by atoms with E-state index in [0.29, 0.717) is 17.1 Å². The number of methoxy groups -OCH3 is 1. The maximum atomic E-state index is 10.9. The Morgan fingerprint density at radius 3 is 2.72 bits per heavy atom. The quantitative estimate of drug-likeness (QED) is 0.340. The van der Waals surface area contributed by atoms with Gasteiger partial charge in [0.2, 0.25) is 0 Å². The molecule has 0 amide bonds. The van der Waals surface area contributed by atoms with Gasteiger partial charge in [-0.3, -0.25) is 10.1 Å². The maximum Gasteiger partial charge on any atom is 0.275 e. The Kier molecular flexibility index (Phi) is 5.25. The number of furan rings is 1. The normalized spacial score (nSPS) is 11.5. The van der Waals surface area contributed by atoms with Gasteiger partial charge < -0.3 is 14.9 Å². The Labute approximate surface area is 139 Å². The van der Waals surface area contributed by atoms with Crippen molar-refractivity contribution < 1.29 is 19.1 Å². The molecule has 2 rings (SSSR count). The van der Waals surface area contributed by atoms with Crippen LogP contribution in [0.4, 0.5) is 5.69 Å². The summed E-state index contributed by atoms with van der Waals surface area (Å²) in [5.41, 5.74) is 7.07. The number of nitrogens with one attached hydrogen (secondary N) is 1. The minimum absolute atomic E-state index is 0.120. The van der Waals surface area contributed by atoms with E-state index in [4.69, 9.17) is 14.9 Å². The van der Waals surface area contributed by atoms with E-state index in [9.17, 15) is 20.2 Å². The number of nitrogens with zero attached hydrogens (tertiary/aromatic N) is 4. The van der Waals surface area contributed by atoms with Crippen molar-refractivity contribution in [3.8, 4) is 17.1 Å². The second kappa shape index (κ2) is 7.54. The van der Waals surface area contributed by atoms with Gasteiger partial charge in [-0.1, -0.05) is 5.43 Å². The molecule has 0 saturated carbocycles. The van der Waals surface area contributed by atoms with Crippen LogP contribution in [0.15, 0.2) is 45.0 Å². The highest BCUT2D eigenvalue weighted by atomic mass is 16.7. The van der Waals surface area contributed by atoms with Crippen LogP contribution in [0.25, 0.3) is 11.3 Å². The molecule has 2 aromatic rings. The van der Waals surface area contributed by atoms with E-state index in [0.717, 1.165) is 0 Å². The van der Waals surface area contributed by atoms with Crippen LogP contribution in [0.1, 0.15) is 5.76 Å². The van der Waals surface area contributed by atoms with Crippen LogP contribution in [-0.2, 0) is 0 Å². The van der Waals surface area contributed by atoms with E-state index >= 15 is 0 Å². The zero-order valence-electron chi connectivity index (χ0n) is 12.8. The molecule has 0 aliphatic heterocycles. The van der Waals surface area contributed by atoms with Crippen LogP contribution in [0, 0.1) is 20.2 Å². The summed E-state index contributed by atoms with van der Waals surface area (Å²) in [6.07, 6.45) is 1.17. The summed E-state index contributed by atoms with van der Waals surface area (Å²) in [7, 11) is 1.43. The molecule has 0 aliphatic rings. The predicted molar refractivity (Wildman–Crippen MR) is 86.7 cm³/mol. The Balaban J connectivity index is 2.25. The molecule has 0 aliphatic carbocycles. The van der Waals surface area contributed by atoms with Gasteiger partial charge in [-0.25, -0.2) is 10.1 Å². The van der Waals surface area contributed by atoms with Crippen molar-refractivity contribution in [3.63, 3.8) is 0 Å². The molecule has 12 heteroatoms. The molecule has 0 bridgehead atoms. The average Bonchev–Trinajstić information content (AvgIpc) is 3.02. The molecular weight excluding hydrogens is 336 g/mol. The summed E-state index contributed by atoms with van der Waals surface area (Å²) in [5, 5.41) is 27.0. The average molecular weight is 348 g/mol. The van der Waals surface area contributed by atoms with Gasteiger partial charge in [0, 0.05) is 12.1 Å². The number of nitro groups is 2. The van der Waals surface area contributed by atoms with Crippen molar-refractivity contribution in [1.29, 1.82) is 0 Å². The number of hydrogen-bond acceptors (Lipinski definition) is 8. The van der Waals surface area contributed by atoms with Gasteiger partial charge in [-0.05, 0) is 18.2 Å². The second-order valence-electron chi connectivity index (χ2n) is 4.44. The first-order chi connectivity index (χ1) is 11.9. The highest BCUT2D eigenvalue weighted by molar-refractivity contribution is 5.81. The van der Waals surface area contributed by atoms with Crippen molar-refractivity contribution in [3.05, 3.63) is 56.3 Å². The van der Waals surface area contributed by atoms with Crippen molar-refractivity contribution in [2.45, 2.75) is 0 Å². The number of hydrogen-bond donors (Lipinski definition) is 2. The van der Waals surface area contributed by atoms with Gasteiger partial charge >= 0.3 is 0 Å². The highest BCUT2D eigenvalue weighted by Gasteiger charge is 2.15. The molecule has 12 nitrogen and oxygen atoms in total. The zero-order valence-corrected chi connectivity index (χ0v) is 12.8. The molecule has 0 atom stereocenters. The fourth-order valence-corrected chi connectivity index (χ4v) is 1.83. The lowest BCUT2D eigenvalue weighted by molar-refractivity contribution is -0.525. The van der Waals surface area contributed by atoms with Gasteiger partial charge in [-0.15, -0.1) is 5.10 Å². The van der Waals surface area contributed by atoms with Crippen LogP contribution in [-0.4, -0.2) is 29.2 Å². The van der Waals surface area contributed by atoms with Gasteiger partial charge in [0.15, 0.2) is 5.03 Å². The number of ether oxygens (including phenoxy) is 1. The number of guanidine groups is 1. The lowest BCUT2D eigenvalue weighted by atomic mass is 10.1. The largest absolute Gasteiger partial charge is 0.496 e. The fraction of sp³-hybridized carbons (Fsp3) is 0.0769. The van der Waals surface area contributed by atoms with E-state index in [1.165, 1.54) is 37.6 Å². The first-order valence-electron chi connectivity index (χ1n) is 6.61. The summed E-state index contributed by atoms with van der Waals surface area (Å²) in [6.45, 7) is 0. The molecule has 3 N–H and O–H groups in total. The van der Waals surface area contributed by atoms with E-state index in [1.807, 2.05) is 0 Å². The molecule has 25 heavy (non-hydrogen) atoms. The third kappa shape index (κ3) is 4.51. The molecule has 0 unspecified atom stereocenters. The molecule has 0 fully saturated rings. The monoisotopic (exact) mass is 348 g/mol. The Morgan fingerprint density at radius 1 is 1.32 bits per heavy atom. The van der Waals surface area contributed by atoms with Gasteiger partial charge in [-0.2, -0.15) is 5.10 Å². The number of nitro benzene ring substituents is 1. The van der Waals surface area contributed by atoms with Gasteiger partial charge in [0.25, 0.3) is 11.6 Å². The second-order valence-corrected chi connectivity index (χ2v) is 4.44. The molecule has 130 valence electrons. The smallest absolute Gasteiger partial charge is 0.275 e. The third-order valence-electron chi connectivity index (χ3n) is 2.84. The molecule has 0 saturated heterocycles. The number of nitrogens with two attached hydrogens (primary N) is 1. The molecule has 1 heterocycles. The zero-order chi connectivity index (χ0) is 18.4. The summed E-state index contributed by atoms with van der Waals surface area (Å²) < 4.78 is 10.7. The highest BCUT2D eigenvalue weighted by Crippen LogP contribution is 2.34. The first kappa shape index (κ1) is 17.4. The summed E-state index contributed by atoms with van der Waals surface area (Å²) >= 11 is 0. The predicted octanol–water partition coefficient (Wildman–Crippen LogP) is 1.29. The molecule has 1 aromatic heterocycles. The lowest BCUT2D eigenvalue weighted by Gasteiger charge is -2.05. The van der Waals surface area contributed by atoms with E-state index in [2.05, 4.69) is 10.2 Å². The fourth-order valence-electron chi connectivity index (χ4n) is 1.83.